The molecule has 2 aromatic rings. The van der Waals surface area contributed by atoms with Gasteiger partial charge in [0, 0.05) is 24.3 Å². The summed E-state index contributed by atoms with van der Waals surface area (Å²) in [5, 5.41) is 0. The van der Waals surface area contributed by atoms with Crippen LogP contribution in [-0.2, 0) is 12.7 Å². The predicted molar refractivity (Wildman–Crippen MR) is 83.9 cm³/mol. The summed E-state index contributed by atoms with van der Waals surface area (Å²) in [5.74, 6) is -0.381. The second kappa shape index (κ2) is 6.70. The zero-order valence-corrected chi connectivity index (χ0v) is 14.1. The standard InChI is InChI=1S/C16H14BrF3N2O/c1-10-7-13(17)5-3-12(10)9-22(2)15(23)11-4-6-14(21-8-11)16(18,19)20/h3-8H,9H2,1-2H3. The van der Waals surface area contributed by atoms with E-state index < -0.39 is 11.9 Å². The lowest BCUT2D eigenvalue weighted by molar-refractivity contribution is -0.141. The Balaban J connectivity index is 2.13. The number of hydrogen-bond acceptors (Lipinski definition) is 2. The van der Waals surface area contributed by atoms with Crippen molar-refractivity contribution in [1.82, 2.24) is 9.88 Å². The molecule has 0 spiro atoms. The Kier molecular flexibility index (Phi) is 5.09. The van der Waals surface area contributed by atoms with Gasteiger partial charge in [0.25, 0.3) is 5.91 Å². The number of carbonyl (C=O) groups excluding carboxylic acids is 1. The van der Waals surface area contributed by atoms with Crippen LogP contribution in [0.15, 0.2) is 41.0 Å². The van der Waals surface area contributed by atoms with Crippen molar-refractivity contribution in [2.75, 3.05) is 7.05 Å². The average Bonchev–Trinajstić information content (AvgIpc) is 2.48. The molecule has 0 N–H and O–H groups in total. The smallest absolute Gasteiger partial charge is 0.337 e. The van der Waals surface area contributed by atoms with Gasteiger partial charge in [-0.05, 0) is 42.3 Å². The first-order valence-electron chi connectivity index (χ1n) is 6.72. The van der Waals surface area contributed by atoms with E-state index in [0.29, 0.717) is 6.54 Å². The minimum absolute atomic E-state index is 0.121. The van der Waals surface area contributed by atoms with Crippen LogP contribution in [0.1, 0.15) is 27.2 Å². The van der Waals surface area contributed by atoms with Gasteiger partial charge in [-0.1, -0.05) is 22.0 Å². The summed E-state index contributed by atoms with van der Waals surface area (Å²) >= 11 is 3.37. The van der Waals surface area contributed by atoms with Crippen molar-refractivity contribution in [2.24, 2.45) is 0 Å². The second-order valence-electron chi connectivity index (χ2n) is 5.16. The molecule has 0 bridgehead atoms. The molecule has 0 saturated heterocycles. The van der Waals surface area contributed by atoms with Crippen LogP contribution in [-0.4, -0.2) is 22.8 Å². The van der Waals surface area contributed by atoms with Gasteiger partial charge in [0.1, 0.15) is 5.69 Å². The summed E-state index contributed by atoms with van der Waals surface area (Å²) in [5.41, 5.74) is 1.09. The fourth-order valence-corrected chi connectivity index (χ4v) is 2.55. The number of pyridine rings is 1. The molecular formula is C16H14BrF3N2O. The van der Waals surface area contributed by atoms with Crippen LogP contribution in [0, 0.1) is 6.92 Å². The summed E-state index contributed by atoms with van der Waals surface area (Å²) < 4.78 is 38.4. The maximum atomic E-state index is 12.5. The molecular weight excluding hydrogens is 373 g/mol. The maximum Gasteiger partial charge on any atom is 0.433 e. The minimum atomic E-state index is -4.51. The van der Waals surface area contributed by atoms with E-state index in [2.05, 4.69) is 20.9 Å². The molecule has 0 radical (unpaired) electrons. The van der Waals surface area contributed by atoms with E-state index in [1.165, 1.54) is 4.90 Å². The largest absolute Gasteiger partial charge is 0.433 e. The van der Waals surface area contributed by atoms with Crippen LogP contribution in [0.3, 0.4) is 0 Å². The van der Waals surface area contributed by atoms with Crippen LogP contribution >= 0.6 is 15.9 Å². The topological polar surface area (TPSA) is 33.2 Å². The third kappa shape index (κ3) is 4.31. The van der Waals surface area contributed by atoms with Crippen LogP contribution in [0.25, 0.3) is 0 Å². The van der Waals surface area contributed by atoms with Crippen molar-refractivity contribution in [1.29, 1.82) is 0 Å². The lowest BCUT2D eigenvalue weighted by Crippen LogP contribution is -2.26. The lowest BCUT2D eigenvalue weighted by atomic mass is 10.1. The number of nitrogens with zero attached hydrogens (tertiary/aromatic N) is 2. The Morgan fingerprint density at radius 2 is 1.96 bits per heavy atom. The highest BCUT2D eigenvalue weighted by Crippen LogP contribution is 2.27. The molecule has 0 aliphatic heterocycles. The minimum Gasteiger partial charge on any atom is -0.337 e. The monoisotopic (exact) mass is 386 g/mol. The van der Waals surface area contributed by atoms with Crippen molar-refractivity contribution in [2.45, 2.75) is 19.6 Å². The number of halogens is 4. The Morgan fingerprint density at radius 3 is 2.48 bits per heavy atom. The highest BCUT2D eigenvalue weighted by Gasteiger charge is 2.32. The molecule has 122 valence electrons. The summed E-state index contributed by atoms with van der Waals surface area (Å²) in [4.78, 5) is 17.0. The number of aryl methyl sites for hydroxylation is 1. The van der Waals surface area contributed by atoms with E-state index in [1.54, 1.807) is 7.05 Å². The summed E-state index contributed by atoms with van der Waals surface area (Å²) in [6.07, 6.45) is -3.56. The fourth-order valence-electron chi connectivity index (χ4n) is 2.07. The van der Waals surface area contributed by atoms with Gasteiger partial charge in [-0.2, -0.15) is 13.2 Å². The maximum absolute atomic E-state index is 12.5. The van der Waals surface area contributed by atoms with Crippen LogP contribution in [0.4, 0.5) is 13.2 Å². The zero-order valence-electron chi connectivity index (χ0n) is 12.5. The van der Waals surface area contributed by atoms with Gasteiger partial charge >= 0.3 is 6.18 Å². The van der Waals surface area contributed by atoms with Crippen LogP contribution < -0.4 is 0 Å². The molecule has 1 heterocycles. The molecule has 0 aliphatic carbocycles. The first kappa shape index (κ1) is 17.5. The van der Waals surface area contributed by atoms with E-state index in [1.807, 2.05) is 25.1 Å². The summed E-state index contributed by atoms with van der Waals surface area (Å²) in [7, 11) is 1.60. The molecule has 0 saturated carbocycles. The van der Waals surface area contributed by atoms with Crippen molar-refractivity contribution >= 4 is 21.8 Å². The molecule has 1 aromatic heterocycles. The average molecular weight is 387 g/mol. The third-order valence-electron chi connectivity index (χ3n) is 3.36. The molecule has 2 rings (SSSR count). The predicted octanol–water partition coefficient (Wildman–Crippen LogP) is 4.44. The quantitative estimate of drug-likeness (QED) is 0.780. The van der Waals surface area contributed by atoms with Crippen LogP contribution in [0.2, 0.25) is 0 Å². The van der Waals surface area contributed by atoms with E-state index in [4.69, 9.17) is 0 Å². The van der Waals surface area contributed by atoms with E-state index in [9.17, 15) is 18.0 Å². The summed E-state index contributed by atoms with van der Waals surface area (Å²) in [6, 6.07) is 7.66. The third-order valence-corrected chi connectivity index (χ3v) is 3.85. The second-order valence-corrected chi connectivity index (χ2v) is 6.08. The number of alkyl halides is 3. The Hall–Kier alpha value is -1.89. The van der Waals surface area contributed by atoms with Gasteiger partial charge in [0.05, 0.1) is 5.56 Å². The van der Waals surface area contributed by atoms with Crippen LogP contribution in [0.5, 0.6) is 0 Å². The number of benzene rings is 1. The molecule has 0 atom stereocenters. The number of aromatic nitrogens is 1. The lowest BCUT2D eigenvalue weighted by Gasteiger charge is -2.19. The molecule has 1 aromatic carbocycles. The SMILES string of the molecule is Cc1cc(Br)ccc1CN(C)C(=O)c1ccc(C(F)(F)F)nc1. The normalized spacial score (nSPS) is 11.4. The fraction of sp³-hybridized carbons (Fsp3) is 0.250. The molecule has 23 heavy (non-hydrogen) atoms. The van der Waals surface area contributed by atoms with Gasteiger partial charge < -0.3 is 4.90 Å². The van der Waals surface area contributed by atoms with Gasteiger partial charge in [-0.25, -0.2) is 0 Å². The molecule has 7 heteroatoms. The number of amides is 1. The number of carbonyl (C=O) groups is 1. The van der Waals surface area contributed by atoms with Crippen molar-refractivity contribution in [3.63, 3.8) is 0 Å². The van der Waals surface area contributed by atoms with Crippen molar-refractivity contribution in [3.8, 4) is 0 Å². The van der Waals surface area contributed by atoms with Crippen molar-refractivity contribution in [3.05, 3.63) is 63.4 Å². The molecule has 3 nitrogen and oxygen atoms in total. The van der Waals surface area contributed by atoms with Gasteiger partial charge in [-0.15, -0.1) is 0 Å². The highest BCUT2D eigenvalue weighted by atomic mass is 79.9. The van der Waals surface area contributed by atoms with E-state index >= 15 is 0 Å². The van der Waals surface area contributed by atoms with E-state index in [0.717, 1.165) is 33.9 Å². The Labute approximate surface area is 140 Å². The molecule has 0 aliphatic rings. The molecule has 0 unspecified atom stereocenters. The highest BCUT2D eigenvalue weighted by molar-refractivity contribution is 9.10. The van der Waals surface area contributed by atoms with Gasteiger partial charge in [-0.3, -0.25) is 9.78 Å². The molecule has 0 fully saturated rings. The zero-order chi connectivity index (χ0) is 17.2. The first-order valence-corrected chi connectivity index (χ1v) is 7.51. The Bertz CT molecular complexity index is 714. The van der Waals surface area contributed by atoms with E-state index in [-0.39, 0.29) is 11.5 Å². The van der Waals surface area contributed by atoms with Gasteiger partial charge in [0.15, 0.2) is 0 Å². The molecule has 1 amide bonds. The first-order chi connectivity index (χ1) is 10.7. The van der Waals surface area contributed by atoms with Gasteiger partial charge in [0.2, 0.25) is 0 Å². The van der Waals surface area contributed by atoms with Crippen molar-refractivity contribution < 1.29 is 18.0 Å². The number of hydrogen-bond donors (Lipinski definition) is 0. The Morgan fingerprint density at radius 1 is 1.26 bits per heavy atom. The number of rotatable bonds is 3. The summed E-state index contributed by atoms with van der Waals surface area (Å²) in [6.45, 7) is 2.29.